The van der Waals surface area contributed by atoms with Gasteiger partial charge in [0.25, 0.3) is 0 Å². The molecule has 0 atom stereocenters. The van der Waals surface area contributed by atoms with Gasteiger partial charge < -0.3 is 10.1 Å². The highest BCUT2D eigenvalue weighted by atomic mass is 19.1. The lowest BCUT2D eigenvalue weighted by atomic mass is 10.0. The van der Waals surface area contributed by atoms with Crippen molar-refractivity contribution in [2.75, 3.05) is 0 Å². The number of aromatic hydroxyl groups is 1. The maximum absolute atomic E-state index is 13.5. The highest BCUT2D eigenvalue weighted by molar-refractivity contribution is 6.56. The number of hydrogen-bond acceptors (Lipinski definition) is 3. The van der Waals surface area contributed by atoms with E-state index in [1.165, 1.54) is 18.2 Å². The van der Waals surface area contributed by atoms with Gasteiger partial charge in [0.1, 0.15) is 11.5 Å². The first kappa shape index (κ1) is 12.8. The Morgan fingerprint density at radius 1 is 1.18 bits per heavy atom. The summed E-state index contributed by atoms with van der Waals surface area (Å²) < 4.78 is 13.5. The highest BCUT2D eigenvalue weighted by Crippen LogP contribution is 2.35. The Morgan fingerprint density at radius 2 is 2.00 bits per heavy atom. The Kier molecular flexibility index (Phi) is 2.48. The number of nitrogens with zero attached hydrogens (tertiary/aromatic N) is 1. The van der Waals surface area contributed by atoms with Gasteiger partial charge in [-0.15, -0.1) is 0 Å². The van der Waals surface area contributed by atoms with Gasteiger partial charge in [-0.25, -0.2) is 9.38 Å². The molecule has 108 valence electrons. The first-order valence-corrected chi connectivity index (χ1v) is 6.79. The lowest BCUT2D eigenvalue weighted by Crippen LogP contribution is -2.11. The van der Waals surface area contributed by atoms with Crippen LogP contribution in [0.3, 0.4) is 0 Å². The number of nitrogens with one attached hydrogen (secondary N) is 1. The van der Waals surface area contributed by atoms with Gasteiger partial charge in [-0.2, -0.15) is 0 Å². The molecule has 1 aliphatic rings. The van der Waals surface area contributed by atoms with Crippen LogP contribution in [0.15, 0.2) is 41.4 Å². The molecule has 2 N–H and O–H groups in total. The normalized spacial score (nSPS) is 13.5. The molecule has 3 aromatic rings. The van der Waals surface area contributed by atoms with E-state index < -0.39 is 5.82 Å². The van der Waals surface area contributed by atoms with Crippen LogP contribution in [0.2, 0.25) is 0 Å². The number of ketones is 1. The standard InChI is InChI=1S/C17H11FN2O2/c1-8-2-4-13-11(6-8)16(21)15(19-13)14-10-7-9(18)3-5-12(10)20-17(14)22/h2-7,20,22H,1H3. The SMILES string of the molecule is Cc1ccc2c(c1)C(=O)C(c1c(O)[nH]c3ccc(F)cc13)=N2. The lowest BCUT2D eigenvalue weighted by Gasteiger charge is -1.99. The molecular formula is C17H11FN2O2. The van der Waals surface area contributed by atoms with Crippen LogP contribution in [0, 0.1) is 12.7 Å². The molecule has 0 aliphatic carbocycles. The van der Waals surface area contributed by atoms with Gasteiger partial charge in [0.2, 0.25) is 5.78 Å². The number of rotatable bonds is 1. The summed E-state index contributed by atoms with van der Waals surface area (Å²) in [4.78, 5) is 19.6. The zero-order valence-electron chi connectivity index (χ0n) is 11.6. The Hall–Kier alpha value is -2.95. The maximum Gasteiger partial charge on any atom is 0.214 e. The fourth-order valence-electron chi connectivity index (χ4n) is 2.79. The molecule has 4 rings (SSSR count). The Morgan fingerprint density at radius 3 is 2.82 bits per heavy atom. The van der Waals surface area contributed by atoms with Gasteiger partial charge >= 0.3 is 0 Å². The number of fused-ring (bicyclic) bond motifs is 2. The first-order chi connectivity index (χ1) is 10.5. The number of hydrogen-bond donors (Lipinski definition) is 2. The number of H-pyrrole nitrogens is 1. The van der Waals surface area contributed by atoms with E-state index in [9.17, 15) is 14.3 Å². The zero-order chi connectivity index (χ0) is 15.4. The predicted octanol–water partition coefficient (Wildman–Crippen LogP) is 3.64. The summed E-state index contributed by atoms with van der Waals surface area (Å²) in [6.07, 6.45) is 0. The monoisotopic (exact) mass is 294 g/mol. The van der Waals surface area contributed by atoms with Gasteiger partial charge in [-0.05, 0) is 37.3 Å². The number of aliphatic imine (C=N–C) groups is 1. The number of Topliss-reactive ketones (excluding diaryl/α,β-unsaturated/α-hetero) is 1. The molecule has 1 aromatic heterocycles. The van der Waals surface area contributed by atoms with Crippen LogP contribution in [0.25, 0.3) is 10.9 Å². The minimum atomic E-state index is -0.438. The van der Waals surface area contributed by atoms with E-state index in [1.807, 2.05) is 13.0 Å². The third-order valence-electron chi connectivity index (χ3n) is 3.82. The minimum absolute atomic E-state index is 0.134. The van der Waals surface area contributed by atoms with Crippen molar-refractivity contribution in [2.24, 2.45) is 4.99 Å². The third kappa shape index (κ3) is 1.69. The van der Waals surface area contributed by atoms with Crippen LogP contribution in [0.1, 0.15) is 21.5 Å². The van der Waals surface area contributed by atoms with Crippen molar-refractivity contribution >= 4 is 28.1 Å². The molecule has 2 aromatic carbocycles. The molecule has 5 heteroatoms. The largest absolute Gasteiger partial charge is 0.494 e. The molecule has 0 spiro atoms. The Balaban J connectivity index is 1.96. The highest BCUT2D eigenvalue weighted by Gasteiger charge is 2.30. The number of aromatic nitrogens is 1. The summed E-state index contributed by atoms with van der Waals surface area (Å²) in [7, 11) is 0. The average Bonchev–Trinajstić information content (AvgIpc) is 2.96. The molecule has 0 amide bonds. The van der Waals surface area contributed by atoms with Crippen LogP contribution in [0.5, 0.6) is 5.88 Å². The van der Waals surface area contributed by atoms with E-state index in [0.717, 1.165) is 5.56 Å². The predicted molar refractivity (Wildman–Crippen MR) is 81.6 cm³/mol. The average molecular weight is 294 g/mol. The maximum atomic E-state index is 13.5. The van der Waals surface area contributed by atoms with Gasteiger partial charge in [0.05, 0.1) is 16.8 Å². The van der Waals surface area contributed by atoms with E-state index in [2.05, 4.69) is 9.98 Å². The second-order valence-electron chi connectivity index (χ2n) is 5.35. The number of benzene rings is 2. The Bertz CT molecular complexity index is 986. The van der Waals surface area contributed by atoms with Gasteiger partial charge in [-0.1, -0.05) is 11.6 Å². The third-order valence-corrected chi connectivity index (χ3v) is 3.82. The van der Waals surface area contributed by atoms with E-state index in [0.29, 0.717) is 22.2 Å². The summed E-state index contributed by atoms with van der Waals surface area (Å²) in [5, 5.41) is 10.6. The molecule has 22 heavy (non-hydrogen) atoms. The summed E-state index contributed by atoms with van der Waals surface area (Å²) in [5.74, 6) is -0.886. The Labute approximate surface area is 124 Å². The molecule has 0 bridgehead atoms. The molecule has 2 heterocycles. The van der Waals surface area contributed by atoms with E-state index >= 15 is 0 Å². The second kappa shape index (κ2) is 4.27. The van der Waals surface area contributed by atoms with Crippen molar-refractivity contribution < 1.29 is 14.3 Å². The van der Waals surface area contributed by atoms with Crippen molar-refractivity contribution in [3.8, 4) is 5.88 Å². The van der Waals surface area contributed by atoms with Crippen LogP contribution in [-0.2, 0) is 0 Å². The molecule has 0 radical (unpaired) electrons. The number of aromatic amines is 1. The van der Waals surface area contributed by atoms with Crippen LogP contribution < -0.4 is 0 Å². The molecule has 1 aliphatic heterocycles. The van der Waals surface area contributed by atoms with Crippen molar-refractivity contribution in [1.29, 1.82) is 0 Å². The summed E-state index contributed by atoms with van der Waals surface area (Å²) >= 11 is 0. The fourth-order valence-corrected chi connectivity index (χ4v) is 2.79. The number of carbonyl (C=O) groups excluding carboxylic acids is 1. The minimum Gasteiger partial charge on any atom is -0.494 e. The summed E-state index contributed by atoms with van der Waals surface area (Å²) in [6, 6.07) is 9.49. The smallest absolute Gasteiger partial charge is 0.214 e. The molecule has 0 unspecified atom stereocenters. The van der Waals surface area contributed by atoms with Crippen molar-refractivity contribution in [2.45, 2.75) is 6.92 Å². The van der Waals surface area contributed by atoms with Crippen molar-refractivity contribution in [1.82, 2.24) is 4.98 Å². The van der Waals surface area contributed by atoms with Crippen LogP contribution >= 0.6 is 0 Å². The second-order valence-corrected chi connectivity index (χ2v) is 5.35. The number of carbonyl (C=O) groups is 1. The topological polar surface area (TPSA) is 65.4 Å². The van der Waals surface area contributed by atoms with Gasteiger partial charge in [0, 0.05) is 10.9 Å². The number of aryl methyl sites for hydroxylation is 1. The molecule has 0 saturated carbocycles. The van der Waals surface area contributed by atoms with E-state index in [4.69, 9.17) is 0 Å². The van der Waals surface area contributed by atoms with Crippen molar-refractivity contribution in [3.63, 3.8) is 0 Å². The lowest BCUT2D eigenvalue weighted by molar-refractivity contribution is 0.107. The molecule has 0 saturated heterocycles. The zero-order valence-corrected chi connectivity index (χ0v) is 11.6. The summed E-state index contributed by atoms with van der Waals surface area (Å²) in [6.45, 7) is 1.89. The molecule has 4 nitrogen and oxygen atoms in total. The molecule has 0 fully saturated rings. The molecular weight excluding hydrogens is 283 g/mol. The van der Waals surface area contributed by atoms with Gasteiger partial charge in [0.15, 0.2) is 5.88 Å². The van der Waals surface area contributed by atoms with E-state index in [1.54, 1.807) is 12.1 Å². The van der Waals surface area contributed by atoms with Gasteiger partial charge in [-0.3, -0.25) is 4.79 Å². The number of halogens is 1. The first-order valence-electron chi connectivity index (χ1n) is 6.79. The van der Waals surface area contributed by atoms with Crippen LogP contribution in [-0.4, -0.2) is 21.6 Å². The van der Waals surface area contributed by atoms with Crippen molar-refractivity contribution in [3.05, 3.63) is 58.9 Å². The van der Waals surface area contributed by atoms with Crippen LogP contribution in [0.4, 0.5) is 10.1 Å². The summed E-state index contributed by atoms with van der Waals surface area (Å²) in [5.41, 5.74) is 2.95. The fraction of sp³-hybridized carbons (Fsp3) is 0.0588. The quantitative estimate of drug-likeness (QED) is 0.719. The van der Waals surface area contributed by atoms with E-state index in [-0.39, 0.29) is 22.9 Å².